The number of fused-ring (bicyclic) bond motifs is 4. The molecule has 0 bridgehead atoms. The Morgan fingerprint density at radius 1 is 1.20 bits per heavy atom. The number of anilines is 1. The molecule has 3 aliphatic heterocycles. The third-order valence-corrected chi connectivity index (χ3v) is 10.2. The number of primary amides is 1. The molecule has 2 aromatic heterocycles. The van der Waals surface area contributed by atoms with Crippen LogP contribution >= 0.6 is 0 Å². The van der Waals surface area contributed by atoms with Gasteiger partial charge in [-0.15, -0.1) is 0 Å². The predicted octanol–water partition coefficient (Wildman–Crippen LogP) is 3.68. The quantitative estimate of drug-likeness (QED) is 0.338. The first-order chi connectivity index (χ1) is 21.1. The highest BCUT2D eigenvalue weighted by molar-refractivity contribution is 6.01. The molecule has 12 heteroatoms. The van der Waals surface area contributed by atoms with E-state index in [1.54, 1.807) is 13.0 Å². The molecular formula is C32H31F2N5O5. The van der Waals surface area contributed by atoms with Gasteiger partial charge in [0.1, 0.15) is 35.5 Å². The zero-order valence-electron chi connectivity index (χ0n) is 24.1. The zero-order chi connectivity index (χ0) is 30.5. The molecule has 1 amide bonds. The van der Waals surface area contributed by atoms with Crippen LogP contribution in [0.5, 0.6) is 11.8 Å². The maximum Gasteiger partial charge on any atom is 0.349 e. The lowest BCUT2D eigenvalue weighted by Gasteiger charge is -2.31. The van der Waals surface area contributed by atoms with Crippen molar-refractivity contribution in [1.82, 2.24) is 14.9 Å². The van der Waals surface area contributed by atoms with Gasteiger partial charge >= 0.3 is 11.6 Å². The minimum atomic E-state index is -0.923. The number of nitrogens with two attached hydrogens (primary N) is 1. The summed E-state index contributed by atoms with van der Waals surface area (Å²) >= 11 is 0. The molecule has 3 saturated heterocycles. The van der Waals surface area contributed by atoms with E-state index < -0.39 is 23.2 Å². The first kappa shape index (κ1) is 27.2. The standard InChI is InChI=1S/C32H31F2N5O5/c1-15-26-25(30(42)44-27(15)19-9-18(40)8-16-4-2-5-22(34)23(16)19)29(38-12-20-21(13-38)24(20)28(35)41)37-31(36-26)43-14-32-6-3-7-39(32)11-17(33)10-32/h2,4-5,8-9,17,20-21,24,40H,3,6-7,10-14H2,1H3,(H2,35,41)/t17-,20?,21?,24?,32+/m1/s1. The van der Waals surface area contributed by atoms with Gasteiger partial charge < -0.3 is 24.9 Å². The van der Waals surface area contributed by atoms with Crippen molar-refractivity contribution in [2.24, 2.45) is 23.5 Å². The Hall–Kier alpha value is -4.32. The maximum atomic E-state index is 15.1. The lowest BCUT2D eigenvalue weighted by molar-refractivity contribution is -0.119. The summed E-state index contributed by atoms with van der Waals surface area (Å²) in [5.41, 5.74) is 5.33. The second-order valence-corrected chi connectivity index (χ2v) is 12.8. The van der Waals surface area contributed by atoms with Crippen LogP contribution in [0.1, 0.15) is 24.8 Å². The summed E-state index contributed by atoms with van der Waals surface area (Å²) in [5.74, 6) is -0.637. The number of nitrogens with zero attached hydrogens (tertiary/aromatic N) is 4. The number of alkyl halides is 1. The summed E-state index contributed by atoms with van der Waals surface area (Å²) in [6.07, 6.45) is 1.21. The highest BCUT2D eigenvalue weighted by Gasteiger charge is 2.59. The number of carbonyl (C=O) groups is 1. The third-order valence-electron chi connectivity index (χ3n) is 10.2. The monoisotopic (exact) mass is 603 g/mol. The Bertz CT molecular complexity index is 1920. The molecule has 4 atom stereocenters. The van der Waals surface area contributed by atoms with Crippen molar-refractivity contribution in [3.05, 3.63) is 52.1 Å². The number of aryl methyl sites for hydroxylation is 1. The Kier molecular flexibility index (Phi) is 5.94. The number of phenols is 1. The van der Waals surface area contributed by atoms with Gasteiger partial charge in [-0.25, -0.2) is 13.6 Å². The molecule has 4 aromatic rings. The van der Waals surface area contributed by atoms with Crippen LogP contribution in [0, 0.1) is 30.5 Å². The van der Waals surface area contributed by atoms with Crippen molar-refractivity contribution < 1.29 is 27.8 Å². The molecule has 0 radical (unpaired) electrons. The van der Waals surface area contributed by atoms with E-state index in [1.165, 1.54) is 24.3 Å². The fourth-order valence-corrected chi connectivity index (χ4v) is 8.08. The molecule has 10 nitrogen and oxygen atoms in total. The number of carbonyl (C=O) groups excluding carboxylic acids is 1. The normalized spacial score (nSPS) is 27.7. The molecule has 44 heavy (non-hydrogen) atoms. The first-order valence-corrected chi connectivity index (χ1v) is 15.0. The minimum Gasteiger partial charge on any atom is -0.508 e. The second-order valence-electron chi connectivity index (χ2n) is 12.8. The first-order valence-electron chi connectivity index (χ1n) is 15.0. The molecule has 4 aliphatic rings. The number of aromatic hydroxyl groups is 1. The largest absolute Gasteiger partial charge is 0.508 e. The van der Waals surface area contributed by atoms with Gasteiger partial charge in [-0.2, -0.15) is 9.97 Å². The molecule has 1 aliphatic carbocycles. The number of benzene rings is 2. The minimum absolute atomic E-state index is 0.0367. The number of amides is 1. The van der Waals surface area contributed by atoms with Crippen LogP contribution in [0.3, 0.4) is 0 Å². The average molecular weight is 604 g/mol. The fraction of sp³-hybridized carbons (Fsp3) is 0.438. The SMILES string of the molecule is Cc1c(-c2cc(O)cc3cccc(F)c23)oc(=O)c2c(N3CC4C(C3)C4C(N)=O)nc(OC[C@@]34CCCN3C[C@H](F)C4)nc12. The van der Waals surface area contributed by atoms with E-state index in [-0.39, 0.29) is 69.6 Å². The maximum absolute atomic E-state index is 15.1. The van der Waals surface area contributed by atoms with Crippen LogP contribution in [0.15, 0.2) is 39.5 Å². The van der Waals surface area contributed by atoms with Crippen LogP contribution in [0.25, 0.3) is 33.0 Å². The highest BCUT2D eigenvalue weighted by atomic mass is 19.1. The van der Waals surface area contributed by atoms with Gasteiger partial charge in [0.25, 0.3) is 0 Å². The molecule has 5 heterocycles. The molecule has 3 N–H and O–H groups in total. The van der Waals surface area contributed by atoms with Crippen molar-refractivity contribution in [3.8, 4) is 23.1 Å². The fourth-order valence-electron chi connectivity index (χ4n) is 8.08. The molecular weight excluding hydrogens is 572 g/mol. The molecule has 8 rings (SSSR count). The number of hydrogen-bond donors (Lipinski definition) is 2. The zero-order valence-corrected chi connectivity index (χ0v) is 24.1. The van der Waals surface area contributed by atoms with Gasteiger partial charge in [0.2, 0.25) is 5.91 Å². The van der Waals surface area contributed by atoms with Crippen LogP contribution in [0.4, 0.5) is 14.6 Å². The number of piperidine rings is 1. The number of halogens is 2. The van der Waals surface area contributed by atoms with E-state index in [2.05, 4.69) is 14.9 Å². The predicted molar refractivity (Wildman–Crippen MR) is 158 cm³/mol. The molecule has 1 saturated carbocycles. The van der Waals surface area contributed by atoms with E-state index in [1.807, 2.05) is 4.90 Å². The molecule has 0 spiro atoms. The molecule has 2 unspecified atom stereocenters. The van der Waals surface area contributed by atoms with Crippen LogP contribution in [-0.2, 0) is 4.79 Å². The Balaban J connectivity index is 1.27. The van der Waals surface area contributed by atoms with Crippen molar-refractivity contribution in [1.29, 1.82) is 0 Å². The number of ether oxygens (including phenoxy) is 1. The van der Waals surface area contributed by atoms with E-state index >= 15 is 4.39 Å². The van der Waals surface area contributed by atoms with E-state index in [0.717, 1.165) is 19.4 Å². The van der Waals surface area contributed by atoms with Gasteiger partial charge in [0, 0.05) is 48.5 Å². The summed E-state index contributed by atoms with van der Waals surface area (Å²) in [7, 11) is 0. The Morgan fingerprint density at radius 3 is 2.77 bits per heavy atom. The molecule has 228 valence electrons. The Morgan fingerprint density at radius 2 is 2.00 bits per heavy atom. The highest BCUT2D eigenvalue weighted by Crippen LogP contribution is 2.53. The summed E-state index contributed by atoms with van der Waals surface area (Å²) < 4.78 is 41.7. The molecule has 4 fully saturated rings. The number of rotatable bonds is 6. The summed E-state index contributed by atoms with van der Waals surface area (Å²) in [5, 5.41) is 11.2. The van der Waals surface area contributed by atoms with Crippen molar-refractivity contribution in [2.75, 3.05) is 37.7 Å². The molecule has 2 aromatic carbocycles. The van der Waals surface area contributed by atoms with Gasteiger partial charge in [-0.1, -0.05) is 12.1 Å². The van der Waals surface area contributed by atoms with Crippen LogP contribution < -0.4 is 21.0 Å². The third kappa shape index (κ3) is 4.06. The lowest BCUT2D eigenvalue weighted by atomic mass is 9.95. The number of aromatic nitrogens is 2. The van der Waals surface area contributed by atoms with Gasteiger partial charge in [-0.05, 0) is 61.7 Å². The summed E-state index contributed by atoms with van der Waals surface area (Å²) in [6, 6.07) is 7.35. The van der Waals surface area contributed by atoms with E-state index in [0.29, 0.717) is 42.8 Å². The van der Waals surface area contributed by atoms with Gasteiger partial charge in [0.05, 0.1) is 11.1 Å². The van der Waals surface area contributed by atoms with Crippen LogP contribution in [-0.4, -0.2) is 70.4 Å². The summed E-state index contributed by atoms with van der Waals surface area (Å²) in [4.78, 5) is 39.0. The average Bonchev–Trinajstić information content (AvgIpc) is 3.24. The smallest absolute Gasteiger partial charge is 0.349 e. The number of hydrogen-bond acceptors (Lipinski definition) is 9. The number of phenolic OH excluding ortho intramolecular Hbond substituents is 1. The van der Waals surface area contributed by atoms with E-state index in [9.17, 15) is 19.1 Å². The van der Waals surface area contributed by atoms with Gasteiger partial charge in [0.15, 0.2) is 5.82 Å². The van der Waals surface area contributed by atoms with Gasteiger partial charge in [-0.3, -0.25) is 9.69 Å². The van der Waals surface area contributed by atoms with Crippen molar-refractivity contribution in [2.45, 2.75) is 37.9 Å². The Labute approximate surface area is 250 Å². The summed E-state index contributed by atoms with van der Waals surface area (Å²) in [6.45, 7) is 4.06. The van der Waals surface area contributed by atoms with Crippen molar-refractivity contribution in [3.63, 3.8) is 0 Å². The topological polar surface area (TPSA) is 135 Å². The van der Waals surface area contributed by atoms with Crippen LogP contribution in [0.2, 0.25) is 0 Å². The lowest BCUT2D eigenvalue weighted by Crippen LogP contribution is -2.43. The second kappa shape index (κ2) is 9.59. The van der Waals surface area contributed by atoms with E-state index in [4.69, 9.17) is 14.9 Å². The van der Waals surface area contributed by atoms with Crippen molar-refractivity contribution >= 4 is 33.4 Å².